The molecule has 6 heteroatoms. The van der Waals surface area contributed by atoms with Gasteiger partial charge >= 0.3 is 0 Å². The molecule has 6 bridgehead atoms. The van der Waals surface area contributed by atoms with E-state index in [4.69, 9.17) is 34.7 Å². The van der Waals surface area contributed by atoms with Crippen molar-refractivity contribution in [1.82, 2.24) is 0 Å². The second kappa shape index (κ2) is 12.5. The number of hydrogen-bond donors (Lipinski definition) is 2. The lowest BCUT2D eigenvalue weighted by atomic mass is 9.80. The van der Waals surface area contributed by atoms with E-state index in [2.05, 4.69) is 30.4 Å². The normalized spacial score (nSPS) is 53.0. The molecule has 0 aromatic heterocycles. The highest BCUT2D eigenvalue weighted by atomic mass is 32.2. The topological polar surface area (TPSA) is 18.5 Å². The van der Waals surface area contributed by atoms with Gasteiger partial charge in [0.05, 0.1) is 12.2 Å². The minimum absolute atomic E-state index is 0.574. The fourth-order valence-corrected chi connectivity index (χ4v) is 16.4. The maximum Gasteiger partial charge on any atom is 0.0608 e. The van der Waals surface area contributed by atoms with E-state index < -0.39 is 0 Å². The van der Waals surface area contributed by atoms with Crippen LogP contribution in [0.3, 0.4) is 0 Å². The Labute approximate surface area is 270 Å². The van der Waals surface area contributed by atoms with Crippen molar-refractivity contribution in [2.24, 2.45) is 65.1 Å². The fraction of sp³-hybridized carbons (Fsp3) is 1.00. The molecule has 0 amide bonds. The molecule has 2 nitrogen and oxygen atoms in total. The Morgan fingerprint density at radius 3 is 1.80 bits per heavy atom. The van der Waals surface area contributed by atoms with Crippen molar-refractivity contribution in [2.75, 3.05) is 24.7 Å². The second-order valence-electron chi connectivity index (χ2n) is 16.1. The van der Waals surface area contributed by atoms with Gasteiger partial charge in [0.25, 0.3) is 0 Å². The van der Waals surface area contributed by atoms with Gasteiger partial charge < -0.3 is 9.47 Å². The number of fused-ring (bicyclic) bond motifs is 12. The lowest BCUT2D eigenvalue weighted by Gasteiger charge is -2.33. The Balaban J connectivity index is 0.705. The van der Waals surface area contributed by atoms with Gasteiger partial charge in [-0.25, -0.2) is 0 Å². The smallest absolute Gasteiger partial charge is 0.0608 e. The van der Waals surface area contributed by atoms with Gasteiger partial charge in [0.15, 0.2) is 0 Å². The van der Waals surface area contributed by atoms with Crippen LogP contribution in [0.4, 0.5) is 0 Å². The third-order valence-corrected chi connectivity index (χ3v) is 17.9. The van der Waals surface area contributed by atoms with Gasteiger partial charge in [-0.15, -0.1) is 0 Å². The van der Waals surface area contributed by atoms with Crippen LogP contribution in [0.25, 0.3) is 0 Å². The van der Waals surface area contributed by atoms with Crippen molar-refractivity contribution in [3.8, 4) is 0 Å². The van der Waals surface area contributed by atoms with E-state index in [9.17, 15) is 0 Å². The Bertz CT molecular complexity index is 919. The molecule has 8 aliphatic rings. The fourth-order valence-electron chi connectivity index (χ4n) is 12.6. The van der Waals surface area contributed by atoms with Crippen LogP contribution < -0.4 is 0 Å². The summed E-state index contributed by atoms with van der Waals surface area (Å²) in [4.78, 5) is 0. The van der Waals surface area contributed by atoms with Gasteiger partial charge in [0, 0.05) is 34.2 Å². The highest BCUT2D eigenvalue weighted by Gasteiger charge is 2.57. The summed E-state index contributed by atoms with van der Waals surface area (Å²) in [7, 11) is 0. The summed E-state index contributed by atoms with van der Waals surface area (Å²) in [5, 5.41) is 3.08. The quantitative estimate of drug-likeness (QED) is 0.156. The molecule has 8 aliphatic carbocycles. The van der Waals surface area contributed by atoms with Crippen molar-refractivity contribution in [2.45, 2.75) is 124 Å². The first kappa shape index (κ1) is 29.7. The average molecular weight is 637 g/mol. The summed E-state index contributed by atoms with van der Waals surface area (Å²) in [6.07, 6.45) is 19.3. The van der Waals surface area contributed by atoms with Gasteiger partial charge in [-0.3, -0.25) is 0 Å². The summed E-state index contributed by atoms with van der Waals surface area (Å²) in [5.41, 5.74) is 0. The lowest BCUT2D eigenvalue weighted by molar-refractivity contribution is -0.00964. The predicted molar refractivity (Wildman–Crippen MR) is 182 cm³/mol. The largest absolute Gasteiger partial charge is 0.378 e. The lowest BCUT2D eigenvalue weighted by Crippen LogP contribution is -2.31. The highest BCUT2D eigenvalue weighted by Crippen LogP contribution is 2.61. The molecule has 0 saturated heterocycles. The molecule has 0 N–H and O–H groups in total. The molecule has 232 valence electrons. The standard InChI is InChI=1S/C35H56O2S4/c1-19(40-6-2-4-36-33-13-21-11-30(33)28-17-23(38)15-26(21)28)25-8-20-9-32(25)35(10-20)41-7-3-5-37-34-14-22-12-31(34)29-18-24(39)16-27(22)29/h19-35,38-39H,2-18H2,1H3. The Kier molecular flexibility index (Phi) is 9.05. The molecule has 17 unspecified atom stereocenters. The van der Waals surface area contributed by atoms with Gasteiger partial charge in [0.1, 0.15) is 0 Å². The van der Waals surface area contributed by atoms with Gasteiger partial charge in [0.2, 0.25) is 0 Å². The van der Waals surface area contributed by atoms with Crippen molar-refractivity contribution in [3.63, 3.8) is 0 Å². The molecular weight excluding hydrogens is 581 g/mol. The number of rotatable bonds is 13. The molecule has 0 aromatic carbocycles. The third-order valence-electron chi connectivity index (χ3n) is 14.1. The molecule has 17 atom stereocenters. The average Bonchev–Trinajstić information content (AvgIpc) is 3.78. The predicted octanol–water partition coefficient (Wildman–Crippen LogP) is 8.54. The first-order chi connectivity index (χ1) is 20.0. The maximum absolute atomic E-state index is 6.54. The summed E-state index contributed by atoms with van der Waals surface area (Å²) in [6, 6.07) is 0. The number of ether oxygens (including phenoxy) is 2. The molecule has 0 radical (unpaired) electrons. The van der Waals surface area contributed by atoms with E-state index in [1.54, 1.807) is 0 Å². The highest BCUT2D eigenvalue weighted by molar-refractivity contribution is 8.00. The van der Waals surface area contributed by atoms with E-state index in [0.29, 0.717) is 22.7 Å². The zero-order valence-corrected chi connectivity index (χ0v) is 28.8. The first-order valence-corrected chi connectivity index (χ1v) is 21.0. The van der Waals surface area contributed by atoms with Crippen LogP contribution >= 0.6 is 48.8 Å². The van der Waals surface area contributed by atoms with E-state index in [1.807, 2.05) is 0 Å². The van der Waals surface area contributed by atoms with E-state index in [1.165, 1.54) is 95.0 Å². The van der Waals surface area contributed by atoms with Crippen LogP contribution in [0.1, 0.15) is 90.4 Å². The van der Waals surface area contributed by atoms with Crippen LogP contribution in [0.2, 0.25) is 0 Å². The Morgan fingerprint density at radius 1 is 0.610 bits per heavy atom. The molecule has 0 aliphatic heterocycles. The maximum atomic E-state index is 6.54. The number of thioether (sulfide) groups is 2. The second-order valence-corrected chi connectivity index (χ2v) is 20.4. The van der Waals surface area contributed by atoms with Crippen LogP contribution in [-0.4, -0.2) is 57.9 Å². The molecule has 41 heavy (non-hydrogen) atoms. The number of thiol groups is 2. The summed E-state index contributed by atoms with van der Waals surface area (Å²) < 4.78 is 13.1. The van der Waals surface area contributed by atoms with Crippen LogP contribution in [0, 0.1) is 65.1 Å². The monoisotopic (exact) mass is 636 g/mol. The molecule has 0 heterocycles. The zero-order chi connectivity index (χ0) is 27.7. The van der Waals surface area contributed by atoms with Crippen molar-refractivity contribution < 1.29 is 9.47 Å². The Morgan fingerprint density at radius 2 is 1.20 bits per heavy atom. The van der Waals surface area contributed by atoms with Crippen LogP contribution in [0.15, 0.2) is 0 Å². The molecule has 8 rings (SSSR count). The SMILES string of the molecule is CC(SCCCOC1CC2CC1C1CC(S)CC21)C1CC2CC(SCCCOC3CC4CC3C3CC(S)CC43)C1C2. The molecule has 0 spiro atoms. The molecule has 8 saturated carbocycles. The summed E-state index contributed by atoms with van der Waals surface area (Å²) in [6.45, 7) is 4.54. The summed E-state index contributed by atoms with van der Waals surface area (Å²) >= 11 is 14.2. The zero-order valence-electron chi connectivity index (χ0n) is 25.4. The van der Waals surface area contributed by atoms with Crippen LogP contribution in [-0.2, 0) is 9.47 Å². The van der Waals surface area contributed by atoms with E-state index in [-0.39, 0.29) is 0 Å². The van der Waals surface area contributed by atoms with E-state index >= 15 is 0 Å². The minimum Gasteiger partial charge on any atom is -0.378 e. The van der Waals surface area contributed by atoms with E-state index in [0.717, 1.165) is 88.8 Å². The molecule has 8 fully saturated rings. The van der Waals surface area contributed by atoms with Gasteiger partial charge in [-0.05, 0) is 160 Å². The van der Waals surface area contributed by atoms with Crippen molar-refractivity contribution in [3.05, 3.63) is 0 Å². The van der Waals surface area contributed by atoms with Gasteiger partial charge in [-0.1, -0.05) is 6.92 Å². The molecular formula is C35H56O2S4. The minimum atomic E-state index is 0.574. The molecule has 0 aromatic rings. The van der Waals surface area contributed by atoms with Gasteiger partial charge in [-0.2, -0.15) is 48.8 Å². The van der Waals surface area contributed by atoms with Crippen molar-refractivity contribution in [1.29, 1.82) is 0 Å². The number of hydrogen-bond acceptors (Lipinski definition) is 6. The van der Waals surface area contributed by atoms with Crippen LogP contribution in [0.5, 0.6) is 0 Å². The summed E-state index contributed by atoms with van der Waals surface area (Å²) in [5.74, 6) is 13.1. The third kappa shape index (κ3) is 5.76. The van der Waals surface area contributed by atoms with Crippen molar-refractivity contribution >= 4 is 48.8 Å². The first-order valence-electron chi connectivity index (χ1n) is 17.8. The Hall–Kier alpha value is 1.32.